The first-order chi connectivity index (χ1) is 11.0. The van der Waals surface area contributed by atoms with E-state index in [0.717, 1.165) is 18.4 Å². The fraction of sp³-hybridized carbons (Fsp3) is 0.375. The van der Waals surface area contributed by atoms with E-state index in [1.165, 1.54) is 5.56 Å². The first kappa shape index (κ1) is 15.8. The largest absolute Gasteiger partial charge is 0.386 e. The van der Waals surface area contributed by atoms with E-state index in [2.05, 4.69) is 15.7 Å². The highest BCUT2D eigenvalue weighted by molar-refractivity contribution is 6.30. The van der Waals surface area contributed by atoms with Crippen LogP contribution in [0.2, 0.25) is 5.02 Å². The van der Waals surface area contributed by atoms with E-state index in [4.69, 9.17) is 11.6 Å². The van der Waals surface area contributed by atoms with Gasteiger partial charge in [-0.1, -0.05) is 17.7 Å². The minimum atomic E-state index is -0.774. The molecule has 1 aromatic heterocycles. The van der Waals surface area contributed by atoms with E-state index in [1.807, 2.05) is 18.2 Å². The number of benzene rings is 1. The molecule has 1 aliphatic carbocycles. The first-order valence-electron chi connectivity index (χ1n) is 7.52. The summed E-state index contributed by atoms with van der Waals surface area (Å²) in [7, 11) is 1.78. The number of aliphatic hydroxyl groups excluding tert-OH is 1. The average molecular weight is 335 g/mol. The number of urea groups is 1. The second kappa shape index (κ2) is 6.60. The molecular weight excluding hydrogens is 316 g/mol. The van der Waals surface area contributed by atoms with Crippen LogP contribution in [0.25, 0.3) is 0 Å². The molecule has 23 heavy (non-hydrogen) atoms. The van der Waals surface area contributed by atoms with Gasteiger partial charge in [-0.2, -0.15) is 5.10 Å². The van der Waals surface area contributed by atoms with E-state index in [-0.39, 0.29) is 18.6 Å². The van der Waals surface area contributed by atoms with Crippen LogP contribution in [0.1, 0.15) is 35.3 Å². The molecule has 0 radical (unpaired) electrons. The Morgan fingerprint density at radius 3 is 3.13 bits per heavy atom. The van der Waals surface area contributed by atoms with Crippen LogP contribution in [0.15, 0.2) is 30.6 Å². The molecule has 3 N–H and O–H groups in total. The number of carbonyl (C=O) groups excluding carboxylic acids is 1. The summed E-state index contributed by atoms with van der Waals surface area (Å²) in [5, 5.41) is 20.4. The maximum atomic E-state index is 12.0. The average Bonchev–Trinajstić information content (AvgIpc) is 3.11. The number of halogens is 1. The molecule has 2 atom stereocenters. The van der Waals surface area contributed by atoms with Crippen LogP contribution in [0, 0.1) is 0 Å². The van der Waals surface area contributed by atoms with Crippen LogP contribution < -0.4 is 10.6 Å². The number of hydrogen-bond donors (Lipinski definition) is 3. The Bertz CT molecular complexity index is 716. The van der Waals surface area contributed by atoms with Crippen molar-refractivity contribution in [2.45, 2.75) is 25.0 Å². The number of amides is 2. The standard InChI is InChI=1S/C16H19ClN4O2/c1-21-9-11(7-19-21)15(22)8-18-16(23)20-14-5-2-10-6-12(17)3-4-13(10)14/h3-4,6-7,9,14-15,22H,2,5,8H2,1H3,(H2,18,20,23)/t14-,15+/m0/s1. The van der Waals surface area contributed by atoms with Crippen molar-refractivity contribution in [3.63, 3.8) is 0 Å². The third kappa shape index (κ3) is 3.65. The summed E-state index contributed by atoms with van der Waals surface area (Å²) in [6, 6.07) is 5.44. The number of nitrogens with one attached hydrogen (secondary N) is 2. The zero-order chi connectivity index (χ0) is 16.4. The Morgan fingerprint density at radius 2 is 2.39 bits per heavy atom. The predicted octanol–water partition coefficient (Wildman–Crippen LogP) is 2.09. The van der Waals surface area contributed by atoms with E-state index >= 15 is 0 Å². The van der Waals surface area contributed by atoms with Crippen LogP contribution in [-0.2, 0) is 13.5 Å². The number of aromatic nitrogens is 2. The van der Waals surface area contributed by atoms with Gasteiger partial charge in [0.1, 0.15) is 0 Å². The highest BCUT2D eigenvalue weighted by Crippen LogP contribution is 2.32. The minimum Gasteiger partial charge on any atom is -0.386 e. The number of nitrogens with zero attached hydrogens (tertiary/aromatic N) is 2. The minimum absolute atomic E-state index is 0.0159. The van der Waals surface area contributed by atoms with Crippen molar-refractivity contribution >= 4 is 17.6 Å². The Labute approximate surface area is 139 Å². The lowest BCUT2D eigenvalue weighted by molar-refractivity contribution is 0.172. The zero-order valence-corrected chi connectivity index (χ0v) is 13.5. The lowest BCUT2D eigenvalue weighted by Crippen LogP contribution is -2.39. The summed E-state index contributed by atoms with van der Waals surface area (Å²) in [6.45, 7) is 0.137. The molecule has 7 heteroatoms. The number of fused-ring (bicyclic) bond motifs is 1. The topological polar surface area (TPSA) is 79.2 Å². The quantitative estimate of drug-likeness (QED) is 0.801. The van der Waals surface area contributed by atoms with Gasteiger partial charge in [0.15, 0.2) is 0 Å². The Hall–Kier alpha value is -2.05. The van der Waals surface area contributed by atoms with E-state index in [0.29, 0.717) is 10.6 Å². The monoisotopic (exact) mass is 334 g/mol. The lowest BCUT2D eigenvalue weighted by atomic mass is 10.1. The van der Waals surface area contributed by atoms with Crippen molar-refractivity contribution in [3.8, 4) is 0 Å². The SMILES string of the molecule is Cn1cc([C@H](O)CNC(=O)N[C@H]2CCc3cc(Cl)ccc32)cn1. The molecule has 0 aliphatic heterocycles. The van der Waals surface area contributed by atoms with Crippen molar-refractivity contribution in [1.29, 1.82) is 0 Å². The fourth-order valence-electron chi connectivity index (χ4n) is 2.86. The molecule has 0 saturated carbocycles. The van der Waals surface area contributed by atoms with Gasteiger partial charge in [-0.15, -0.1) is 0 Å². The van der Waals surface area contributed by atoms with Gasteiger partial charge in [0.25, 0.3) is 0 Å². The van der Waals surface area contributed by atoms with E-state index in [9.17, 15) is 9.90 Å². The molecule has 1 aliphatic rings. The number of aliphatic hydroxyl groups is 1. The molecule has 2 amide bonds. The van der Waals surface area contributed by atoms with Crippen LogP contribution >= 0.6 is 11.6 Å². The first-order valence-corrected chi connectivity index (χ1v) is 7.90. The molecule has 0 saturated heterocycles. The van der Waals surface area contributed by atoms with Crippen molar-refractivity contribution < 1.29 is 9.90 Å². The normalized spacial score (nSPS) is 17.6. The van der Waals surface area contributed by atoms with Gasteiger partial charge < -0.3 is 15.7 Å². The molecule has 122 valence electrons. The highest BCUT2D eigenvalue weighted by atomic mass is 35.5. The molecule has 0 bridgehead atoms. The van der Waals surface area contributed by atoms with E-state index in [1.54, 1.807) is 24.1 Å². The van der Waals surface area contributed by atoms with Crippen molar-refractivity contribution in [2.24, 2.45) is 7.05 Å². The maximum Gasteiger partial charge on any atom is 0.315 e. The summed E-state index contributed by atoms with van der Waals surface area (Å²) >= 11 is 5.99. The van der Waals surface area contributed by atoms with Gasteiger partial charge in [0.05, 0.1) is 18.3 Å². The molecule has 1 heterocycles. The van der Waals surface area contributed by atoms with Crippen LogP contribution in [0.3, 0.4) is 0 Å². The Balaban J connectivity index is 1.53. The number of aryl methyl sites for hydroxylation is 2. The summed E-state index contributed by atoms with van der Waals surface area (Å²) in [5.74, 6) is 0. The third-order valence-electron chi connectivity index (χ3n) is 4.05. The molecule has 1 aromatic carbocycles. The van der Waals surface area contributed by atoms with Crippen LogP contribution in [0.5, 0.6) is 0 Å². The van der Waals surface area contributed by atoms with Gasteiger partial charge >= 0.3 is 6.03 Å². The summed E-state index contributed by atoms with van der Waals surface area (Å²) in [5.41, 5.74) is 2.96. The maximum absolute atomic E-state index is 12.0. The number of rotatable bonds is 4. The van der Waals surface area contributed by atoms with Gasteiger partial charge in [0.2, 0.25) is 0 Å². The number of hydrogen-bond acceptors (Lipinski definition) is 3. The van der Waals surface area contributed by atoms with Crippen molar-refractivity contribution in [1.82, 2.24) is 20.4 Å². The van der Waals surface area contributed by atoms with Gasteiger partial charge in [0, 0.05) is 30.4 Å². The van der Waals surface area contributed by atoms with Crippen LogP contribution in [-0.4, -0.2) is 27.5 Å². The lowest BCUT2D eigenvalue weighted by Gasteiger charge is -2.16. The van der Waals surface area contributed by atoms with Crippen molar-refractivity contribution in [3.05, 3.63) is 52.3 Å². The van der Waals surface area contributed by atoms with Crippen molar-refractivity contribution in [2.75, 3.05) is 6.54 Å². The second-order valence-corrected chi connectivity index (χ2v) is 6.19. The second-order valence-electron chi connectivity index (χ2n) is 5.75. The van der Waals surface area contributed by atoms with Gasteiger partial charge in [-0.25, -0.2) is 4.79 Å². The highest BCUT2D eigenvalue weighted by Gasteiger charge is 2.24. The summed E-state index contributed by atoms with van der Waals surface area (Å²) < 4.78 is 1.61. The molecule has 0 unspecified atom stereocenters. The predicted molar refractivity (Wildman–Crippen MR) is 87.2 cm³/mol. The number of carbonyl (C=O) groups is 1. The van der Waals surface area contributed by atoms with Gasteiger partial charge in [-0.3, -0.25) is 4.68 Å². The van der Waals surface area contributed by atoms with E-state index < -0.39 is 6.10 Å². The third-order valence-corrected chi connectivity index (χ3v) is 4.29. The summed E-state index contributed by atoms with van der Waals surface area (Å²) in [6.07, 6.45) is 4.29. The molecule has 0 spiro atoms. The van der Waals surface area contributed by atoms with Gasteiger partial charge in [-0.05, 0) is 36.1 Å². The molecular formula is C16H19ClN4O2. The molecule has 2 aromatic rings. The zero-order valence-electron chi connectivity index (χ0n) is 12.8. The Morgan fingerprint density at radius 1 is 1.57 bits per heavy atom. The molecule has 3 rings (SSSR count). The summed E-state index contributed by atoms with van der Waals surface area (Å²) in [4.78, 5) is 12.0. The fourth-order valence-corrected chi connectivity index (χ4v) is 3.06. The molecule has 6 nitrogen and oxygen atoms in total. The van der Waals surface area contributed by atoms with Crippen LogP contribution in [0.4, 0.5) is 4.79 Å². The smallest absolute Gasteiger partial charge is 0.315 e. The Kier molecular flexibility index (Phi) is 4.54. The molecule has 0 fully saturated rings.